The Labute approximate surface area is 189 Å². The molecule has 6 nitrogen and oxygen atoms in total. The Morgan fingerprint density at radius 3 is 2.93 bits per heavy atom. The summed E-state index contributed by atoms with van der Waals surface area (Å²) in [4.78, 5) is 17.0. The molecule has 5 rings (SSSR count). The molecule has 0 bridgehead atoms. The van der Waals surface area contributed by atoms with E-state index in [0.29, 0.717) is 36.4 Å². The van der Waals surface area contributed by atoms with Crippen molar-refractivity contribution in [3.05, 3.63) is 29.8 Å². The number of guanidine groups is 1. The highest BCUT2D eigenvalue weighted by atomic mass is 127. The van der Waals surface area contributed by atoms with Crippen molar-refractivity contribution in [2.45, 2.75) is 57.1 Å². The van der Waals surface area contributed by atoms with Gasteiger partial charge in [-0.15, -0.1) is 24.0 Å². The van der Waals surface area contributed by atoms with Crippen molar-refractivity contribution in [1.82, 2.24) is 10.6 Å². The predicted octanol–water partition coefficient (Wildman–Crippen LogP) is 3.24. The summed E-state index contributed by atoms with van der Waals surface area (Å²) in [6, 6.07) is 8.54. The second-order valence-electron chi connectivity index (χ2n) is 8.71. The van der Waals surface area contributed by atoms with Gasteiger partial charge in [0.2, 0.25) is 5.91 Å². The van der Waals surface area contributed by atoms with Gasteiger partial charge in [0, 0.05) is 48.6 Å². The van der Waals surface area contributed by atoms with Crippen molar-refractivity contribution < 1.29 is 9.53 Å². The first-order chi connectivity index (χ1) is 13.7. The summed E-state index contributed by atoms with van der Waals surface area (Å²) in [5.41, 5.74) is 2.44. The SMILES string of the molecule is CCNC(=NCC1CC(=O)Nc2ccccc21)NC1C2CCOC2C12CCC2.I. The van der Waals surface area contributed by atoms with E-state index in [0.717, 1.165) is 31.2 Å². The number of nitrogens with one attached hydrogen (secondary N) is 3. The highest BCUT2D eigenvalue weighted by molar-refractivity contribution is 14.0. The van der Waals surface area contributed by atoms with Crippen LogP contribution in [0.1, 0.15) is 50.5 Å². The van der Waals surface area contributed by atoms with Gasteiger partial charge in [0.05, 0.1) is 12.6 Å². The predicted molar refractivity (Wildman–Crippen MR) is 125 cm³/mol. The summed E-state index contributed by atoms with van der Waals surface area (Å²) >= 11 is 0. The van der Waals surface area contributed by atoms with E-state index in [9.17, 15) is 4.79 Å². The average Bonchev–Trinajstić information content (AvgIpc) is 3.07. The molecule has 2 aliphatic carbocycles. The molecule has 1 aromatic rings. The molecule has 1 spiro atoms. The first-order valence-corrected chi connectivity index (χ1v) is 10.8. The highest BCUT2D eigenvalue weighted by Crippen LogP contribution is 2.62. The minimum Gasteiger partial charge on any atom is -0.377 e. The number of carbonyl (C=O) groups excluding carboxylic acids is 1. The first-order valence-electron chi connectivity index (χ1n) is 10.8. The van der Waals surface area contributed by atoms with Crippen LogP contribution in [0.5, 0.6) is 0 Å². The molecule has 29 heavy (non-hydrogen) atoms. The average molecular weight is 510 g/mol. The number of nitrogens with zero attached hydrogens (tertiary/aromatic N) is 1. The molecule has 3 N–H and O–H groups in total. The van der Waals surface area contributed by atoms with Crippen LogP contribution in [0.4, 0.5) is 5.69 Å². The second kappa shape index (κ2) is 8.41. The van der Waals surface area contributed by atoms with E-state index in [2.05, 4.69) is 28.9 Å². The number of carbonyl (C=O) groups is 1. The molecule has 1 saturated heterocycles. The standard InChI is InChI=1S/C22H30N4O2.HI/c1-2-23-21(26-19-16-8-11-28-20(16)22(19)9-5-10-22)24-13-14-12-18(27)25-17-7-4-3-6-15(14)17;/h3-4,6-7,14,16,19-20H,2,5,8-13H2,1H3,(H,25,27)(H2,23,24,26);1H. The van der Waals surface area contributed by atoms with Gasteiger partial charge in [0.15, 0.2) is 5.96 Å². The number of hydrogen-bond acceptors (Lipinski definition) is 3. The van der Waals surface area contributed by atoms with Gasteiger partial charge >= 0.3 is 0 Å². The molecule has 2 heterocycles. The van der Waals surface area contributed by atoms with E-state index in [1.807, 2.05) is 18.2 Å². The molecule has 0 aromatic heterocycles. The van der Waals surface area contributed by atoms with Crippen LogP contribution in [0.3, 0.4) is 0 Å². The van der Waals surface area contributed by atoms with Crippen molar-refractivity contribution in [3.8, 4) is 0 Å². The zero-order valence-corrected chi connectivity index (χ0v) is 19.3. The fourth-order valence-electron chi connectivity index (χ4n) is 5.79. The number of anilines is 1. The smallest absolute Gasteiger partial charge is 0.225 e. The maximum absolute atomic E-state index is 12.1. The number of fused-ring (bicyclic) bond motifs is 3. The van der Waals surface area contributed by atoms with E-state index >= 15 is 0 Å². The lowest BCUT2D eigenvalue weighted by atomic mass is 9.46. The van der Waals surface area contributed by atoms with Crippen LogP contribution >= 0.6 is 24.0 Å². The largest absolute Gasteiger partial charge is 0.377 e. The summed E-state index contributed by atoms with van der Waals surface area (Å²) < 4.78 is 6.04. The molecule has 4 aliphatic rings. The third-order valence-electron chi connectivity index (χ3n) is 7.25. The first kappa shape index (κ1) is 20.9. The Morgan fingerprint density at radius 2 is 2.17 bits per heavy atom. The van der Waals surface area contributed by atoms with E-state index in [-0.39, 0.29) is 35.8 Å². The van der Waals surface area contributed by atoms with E-state index in [1.54, 1.807) is 0 Å². The lowest BCUT2D eigenvalue weighted by molar-refractivity contribution is -0.171. The fourth-order valence-corrected chi connectivity index (χ4v) is 5.79. The van der Waals surface area contributed by atoms with Crippen LogP contribution in [-0.4, -0.2) is 43.7 Å². The summed E-state index contributed by atoms with van der Waals surface area (Å²) in [7, 11) is 0. The van der Waals surface area contributed by atoms with Crippen molar-refractivity contribution >= 4 is 41.5 Å². The number of amides is 1. The van der Waals surface area contributed by atoms with E-state index in [4.69, 9.17) is 9.73 Å². The summed E-state index contributed by atoms with van der Waals surface area (Å²) in [6.45, 7) is 4.45. The van der Waals surface area contributed by atoms with Crippen molar-refractivity contribution in [3.63, 3.8) is 0 Å². The lowest BCUT2D eigenvalue weighted by Gasteiger charge is -2.63. The van der Waals surface area contributed by atoms with Gasteiger partial charge in [-0.25, -0.2) is 0 Å². The quantitative estimate of drug-likeness (QED) is 0.331. The fraction of sp³-hybridized carbons (Fsp3) is 0.636. The minimum atomic E-state index is 0. The Morgan fingerprint density at radius 1 is 1.34 bits per heavy atom. The Kier molecular flexibility index (Phi) is 6.06. The highest BCUT2D eigenvalue weighted by Gasteiger charge is 2.66. The van der Waals surface area contributed by atoms with E-state index in [1.165, 1.54) is 24.8 Å². The summed E-state index contributed by atoms with van der Waals surface area (Å²) in [5, 5.41) is 10.1. The van der Waals surface area contributed by atoms with Crippen LogP contribution in [0.15, 0.2) is 29.3 Å². The number of ether oxygens (including phenoxy) is 1. The maximum atomic E-state index is 12.1. The minimum absolute atomic E-state index is 0. The van der Waals surface area contributed by atoms with Gasteiger partial charge in [-0.05, 0) is 37.8 Å². The Bertz CT molecular complexity index is 795. The molecule has 1 aromatic carbocycles. The van der Waals surface area contributed by atoms with Crippen LogP contribution < -0.4 is 16.0 Å². The number of hydrogen-bond donors (Lipinski definition) is 3. The van der Waals surface area contributed by atoms with Crippen molar-refractivity contribution in [2.24, 2.45) is 16.3 Å². The number of para-hydroxylation sites is 1. The molecule has 0 radical (unpaired) electrons. The van der Waals surface area contributed by atoms with Crippen molar-refractivity contribution in [1.29, 1.82) is 0 Å². The lowest BCUT2D eigenvalue weighted by Crippen LogP contribution is -2.72. The molecule has 4 unspecified atom stereocenters. The summed E-state index contributed by atoms with van der Waals surface area (Å²) in [6.07, 6.45) is 5.94. The summed E-state index contributed by atoms with van der Waals surface area (Å²) in [5.74, 6) is 1.70. The van der Waals surface area contributed by atoms with Gasteiger partial charge in [-0.1, -0.05) is 24.6 Å². The molecular formula is C22H31IN4O2. The second-order valence-corrected chi connectivity index (χ2v) is 8.71. The number of rotatable bonds is 4. The Hall–Kier alpha value is -1.35. The topological polar surface area (TPSA) is 74.8 Å². The molecule has 2 aliphatic heterocycles. The maximum Gasteiger partial charge on any atom is 0.225 e. The Balaban J connectivity index is 0.00000205. The van der Waals surface area contributed by atoms with Gasteiger partial charge in [0.25, 0.3) is 0 Å². The van der Waals surface area contributed by atoms with E-state index < -0.39 is 0 Å². The molecule has 7 heteroatoms. The molecule has 4 atom stereocenters. The molecule has 3 fully saturated rings. The monoisotopic (exact) mass is 510 g/mol. The third kappa shape index (κ3) is 3.54. The van der Waals surface area contributed by atoms with Gasteiger partial charge in [-0.3, -0.25) is 9.79 Å². The zero-order valence-electron chi connectivity index (χ0n) is 16.9. The van der Waals surface area contributed by atoms with Crippen LogP contribution in [0, 0.1) is 11.3 Å². The van der Waals surface area contributed by atoms with Crippen LogP contribution in [0.25, 0.3) is 0 Å². The molecule has 1 amide bonds. The third-order valence-corrected chi connectivity index (χ3v) is 7.25. The normalized spacial score (nSPS) is 31.5. The number of halogens is 1. The van der Waals surface area contributed by atoms with Gasteiger partial charge in [-0.2, -0.15) is 0 Å². The molecule has 2 saturated carbocycles. The van der Waals surface area contributed by atoms with Crippen LogP contribution in [-0.2, 0) is 9.53 Å². The molecular weight excluding hydrogens is 479 g/mol. The van der Waals surface area contributed by atoms with Gasteiger partial charge < -0.3 is 20.7 Å². The number of benzene rings is 1. The molecule has 158 valence electrons. The van der Waals surface area contributed by atoms with Gasteiger partial charge in [0.1, 0.15) is 0 Å². The van der Waals surface area contributed by atoms with Crippen LogP contribution in [0.2, 0.25) is 0 Å². The van der Waals surface area contributed by atoms with Crippen molar-refractivity contribution in [2.75, 3.05) is 25.0 Å². The zero-order chi connectivity index (χ0) is 19.1. The number of aliphatic imine (C=N–C) groups is 1.